The van der Waals surface area contributed by atoms with E-state index in [1.807, 2.05) is 25.1 Å². The van der Waals surface area contributed by atoms with E-state index in [2.05, 4.69) is 25.2 Å². The Morgan fingerprint density at radius 2 is 2.25 bits per heavy atom. The smallest absolute Gasteiger partial charge is 0.229 e. The summed E-state index contributed by atoms with van der Waals surface area (Å²) in [7, 11) is 1.72. The number of aryl methyl sites for hydroxylation is 1. The molecule has 2 aliphatic rings. The van der Waals surface area contributed by atoms with Crippen molar-refractivity contribution in [3.8, 4) is 11.3 Å². The van der Waals surface area contributed by atoms with Crippen LogP contribution >= 0.6 is 0 Å². The van der Waals surface area contributed by atoms with E-state index in [0.29, 0.717) is 11.6 Å². The number of fused-ring (bicyclic) bond motifs is 1. The van der Waals surface area contributed by atoms with E-state index >= 15 is 0 Å². The number of methoxy groups -OCH3 is 1. The summed E-state index contributed by atoms with van der Waals surface area (Å²) in [5, 5.41) is 4.68. The van der Waals surface area contributed by atoms with Crippen LogP contribution in [0.25, 0.3) is 22.0 Å². The molecule has 1 amide bonds. The zero-order chi connectivity index (χ0) is 22.3. The predicted octanol–water partition coefficient (Wildman–Crippen LogP) is 2.88. The van der Waals surface area contributed by atoms with Crippen LogP contribution in [-0.4, -0.2) is 59.1 Å². The average Bonchev–Trinajstić information content (AvgIpc) is 3.34. The molecule has 0 unspecified atom stereocenters. The van der Waals surface area contributed by atoms with Crippen LogP contribution in [-0.2, 0) is 9.53 Å². The number of carbonyl (C=O) groups is 1. The molecular weight excluding hydrogens is 404 g/mol. The van der Waals surface area contributed by atoms with Crippen LogP contribution in [0.2, 0.25) is 0 Å². The third-order valence-corrected chi connectivity index (χ3v) is 6.89. The van der Waals surface area contributed by atoms with Crippen LogP contribution in [0.5, 0.6) is 0 Å². The molecule has 8 heteroatoms. The van der Waals surface area contributed by atoms with Crippen molar-refractivity contribution in [2.45, 2.75) is 19.8 Å². The highest BCUT2D eigenvalue weighted by Crippen LogP contribution is 2.58. The van der Waals surface area contributed by atoms with Gasteiger partial charge in [0.1, 0.15) is 11.6 Å². The zero-order valence-electron chi connectivity index (χ0n) is 18.5. The van der Waals surface area contributed by atoms with Crippen molar-refractivity contribution in [2.24, 2.45) is 11.3 Å². The van der Waals surface area contributed by atoms with Gasteiger partial charge in [-0.05, 0) is 60.9 Å². The normalized spacial score (nSPS) is 22.5. The molecule has 0 aromatic carbocycles. The van der Waals surface area contributed by atoms with Gasteiger partial charge in [-0.1, -0.05) is 0 Å². The number of hydrogen-bond donors (Lipinski definition) is 2. The Hall–Kier alpha value is -3.10. The lowest BCUT2D eigenvalue weighted by molar-refractivity contribution is -0.118. The molecule has 8 nitrogen and oxygen atoms in total. The third-order valence-electron chi connectivity index (χ3n) is 6.89. The van der Waals surface area contributed by atoms with Crippen molar-refractivity contribution in [1.29, 1.82) is 0 Å². The molecular formula is C24H28N6O2. The van der Waals surface area contributed by atoms with Gasteiger partial charge in [0.2, 0.25) is 5.91 Å². The average molecular weight is 433 g/mol. The summed E-state index contributed by atoms with van der Waals surface area (Å²) in [5.41, 5.74) is 9.09. The number of nitrogens with zero attached hydrogens (tertiary/aromatic N) is 4. The molecule has 4 heterocycles. The molecule has 1 aliphatic carbocycles. The lowest BCUT2D eigenvalue weighted by Gasteiger charge is -2.15. The standard InChI is InChI=1S/C24H28N6O2/c1-15-3-5-26-12-17(15)20-9-16-10-21(27-13-18(16)22(25)28-20)29-23(31)19-11-24(19)4-6-30(14-24)7-8-32-2/h3,5,9-10,12-13,19H,4,6-8,11,14H2,1-2H3,(H2,25,28)(H,27,29,31)/t19-,24-/m1/s1. The highest BCUT2D eigenvalue weighted by Gasteiger charge is 2.60. The molecule has 0 bridgehead atoms. The number of amides is 1. The third kappa shape index (κ3) is 3.80. The number of carbonyl (C=O) groups excluding carboxylic acids is 1. The van der Waals surface area contributed by atoms with Gasteiger partial charge >= 0.3 is 0 Å². The van der Waals surface area contributed by atoms with Gasteiger partial charge < -0.3 is 20.7 Å². The number of nitrogens with two attached hydrogens (primary N) is 1. The molecule has 32 heavy (non-hydrogen) atoms. The van der Waals surface area contributed by atoms with E-state index in [9.17, 15) is 4.79 Å². The summed E-state index contributed by atoms with van der Waals surface area (Å²) in [4.78, 5) is 28.5. The van der Waals surface area contributed by atoms with Gasteiger partial charge in [0.05, 0.1) is 12.3 Å². The molecule has 1 aliphatic heterocycles. The van der Waals surface area contributed by atoms with Crippen molar-refractivity contribution in [3.05, 3.63) is 42.4 Å². The summed E-state index contributed by atoms with van der Waals surface area (Å²) < 4.78 is 5.19. The van der Waals surface area contributed by atoms with Gasteiger partial charge in [0.15, 0.2) is 0 Å². The Balaban J connectivity index is 1.33. The second-order valence-corrected chi connectivity index (χ2v) is 9.00. The summed E-state index contributed by atoms with van der Waals surface area (Å²) in [6.07, 6.45) is 7.23. The minimum Gasteiger partial charge on any atom is -0.383 e. The van der Waals surface area contributed by atoms with E-state index in [-0.39, 0.29) is 17.2 Å². The second-order valence-electron chi connectivity index (χ2n) is 9.00. The quantitative estimate of drug-likeness (QED) is 0.617. The fourth-order valence-electron chi connectivity index (χ4n) is 4.89. The maximum absolute atomic E-state index is 13.0. The van der Waals surface area contributed by atoms with E-state index in [0.717, 1.165) is 66.7 Å². The van der Waals surface area contributed by atoms with Crippen LogP contribution in [0.4, 0.5) is 11.6 Å². The van der Waals surface area contributed by atoms with Crippen molar-refractivity contribution in [1.82, 2.24) is 19.9 Å². The lowest BCUT2D eigenvalue weighted by atomic mass is 10.0. The fraction of sp³-hybridized carbons (Fsp3) is 0.417. The fourth-order valence-corrected chi connectivity index (χ4v) is 4.89. The molecule has 3 aromatic rings. The molecule has 0 radical (unpaired) electrons. The van der Waals surface area contributed by atoms with Crippen LogP contribution in [0.1, 0.15) is 18.4 Å². The first kappa shape index (κ1) is 20.8. The summed E-state index contributed by atoms with van der Waals surface area (Å²) >= 11 is 0. The van der Waals surface area contributed by atoms with Gasteiger partial charge in [-0.2, -0.15) is 0 Å². The van der Waals surface area contributed by atoms with Crippen LogP contribution in [0.15, 0.2) is 36.8 Å². The van der Waals surface area contributed by atoms with Crippen molar-refractivity contribution in [2.75, 3.05) is 44.4 Å². The Labute approximate surface area is 187 Å². The number of aromatic nitrogens is 3. The number of hydrogen-bond acceptors (Lipinski definition) is 7. The van der Waals surface area contributed by atoms with E-state index < -0.39 is 0 Å². The van der Waals surface area contributed by atoms with E-state index in [4.69, 9.17) is 10.5 Å². The molecule has 3 N–H and O–H groups in total. The van der Waals surface area contributed by atoms with Crippen LogP contribution in [0.3, 0.4) is 0 Å². The van der Waals surface area contributed by atoms with Crippen molar-refractivity contribution < 1.29 is 9.53 Å². The molecule has 5 rings (SSSR count). The van der Waals surface area contributed by atoms with Crippen molar-refractivity contribution in [3.63, 3.8) is 0 Å². The zero-order valence-corrected chi connectivity index (χ0v) is 18.5. The topological polar surface area (TPSA) is 106 Å². The first-order chi connectivity index (χ1) is 15.5. The highest BCUT2D eigenvalue weighted by molar-refractivity contribution is 5.98. The Morgan fingerprint density at radius 1 is 1.38 bits per heavy atom. The van der Waals surface area contributed by atoms with E-state index in [1.54, 1.807) is 25.7 Å². The predicted molar refractivity (Wildman–Crippen MR) is 124 cm³/mol. The minimum atomic E-state index is 0.0451. The first-order valence-corrected chi connectivity index (χ1v) is 11.0. The molecule has 1 saturated carbocycles. The SMILES string of the molecule is COCCN1CC[C@@]2(C[C@@H]2C(=O)Nc2cc3cc(-c4cnccc4C)nc(N)c3cn2)C1. The highest BCUT2D eigenvalue weighted by atomic mass is 16.5. The molecule has 2 atom stereocenters. The number of nitrogens with one attached hydrogen (secondary N) is 1. The van der Waals surface area contributed by atoms with Crippen LogP contribution in [0, 0.1) is 18.3 Å². The van der Waals surface area contributed by atoms with Gasteiger partial charge in [-0.15, -0.1) is 0 Å². The largest absolute Gasteiger partial charge is 0.383 e. The Bertz CT molecular complexity index is 1180. The minimum absolute atomic E-state index is 0.0451. The number of likely N-dealkylation sites (tertiary alicyclic amines) is 1. The summed E-state index contributed by atoms with van der Waals surface area (Å²) in [6, 6.07) is 5.78. The molecule has 1 spiro atoms. The maximum atomic E-state index is 13.0. The Morgan fingerprint density at radius 3 is 3.06 bits per heavy atom. The lowest BCUT2D eigenvalue weighted by Crippen LogP contribution is -2.26. The number of rotatable bonds is 6. The van der Waals surface area contributed by atoms with E-state index in [1.165, 1.54) is 0 Å². The van der Waals surface area contributed by atoms with Crippen LogP contribution < -0.4 is 11.1 Å². The maximum Gasteiger partial charge on any atom is 0.229 e. The number of nitrogen functional groups attached to an aromatic ring is 1. The molecule has 2 fully saturated rings. The Kier molecular flexibility index (Phi) is 5.27. The molecule has 3 aromatic heterocycles. The van der Waals surface area contributed by atoms with Gasteiger partial charge in [0, 0.05) is 55.7 Å². The van der Waals surface area contributed by atoms with Gasteiger partial charge in [-0.25, -0.2) is 9.97 Å². The molecule has 166 valence electrons. The van der Waals surface area contributed by atoms with Gasteiger partial charge in [-0.3, -0.25) is 9.78 Å². The number of ether oxygens (including phenoxy) is 1. The number of pyridine rings is 3. The van der Waals surface area contributed by atoms with Crippen molar-refractivity contribution >= 4 is 28.3 Å². The number of anilines is 2. The van der Waals surface area contributed by atoms with Gasteiger partial charge in [0.25, 0.3) is 0 Å². The first-order valence-electron chi connectivity index (χ1n) is 11.0. The second kappa shape index (κ2) is 8.11. The monoisotopic (exact) mass is 432 g/mol. The molecule has 1 saturated heterocycles. The summed E-state index contributed by atoms with van der Waals surface area (Å²) in [5.74, 6) is 1.05. The summed E-state index contributed by atoms with van der Waals surface area (Å²) in [6.45, 7) is 5.67.